The van der Waals surface area contributed by atoms with E-state index in [1.807, 2.05) is 0 Å². The number of hydrogen-bond donors (Lipinski definition) is 2. The fourth-order valence-corrected chi connectivity index (χ4v) is 1.78. The molecule has 112 valence electrons. The van der Waals surface area contributed by atoms with Crippen LogP contribution in [0.4, 0.5) is 5.69 Å². The van der Waals surface area contributed by atoms with Crippen molar-refractivity contribution in [1.29, 1.82) is 0 Å². The maximum absolute atomic E-state index is 12.0. The first kappa shape index (κ1) is 15.2. The highest BCUT2D eigenvalue weighted by Gasteiger charge is 2.27. The zero-order valence-corrected chi connectivity index (χ0v) is 11.9. The third kappa shape index (κ3) is 3.88. The molecule has 0 aromatic carbocycles. The third-order valence-corrected chi connectivity index (χ3v) is 3.25. The molecule has 1 heterocycles. The van der Waals surface area contributed by atoms with Gasteiger partial charge in [-0.25, -0.2) is 4.98 Å². The SMILES string of the molecule is CC(NC(=O)c1cc([N+](=O)[O-])cnc1Cl)C(=O)NC1CC1. The average Bonchev–Trinajstić information content (AvgIpc) is 3.22. The van der Waals surface area contributed by atoms with Gasteiger partial charge in [-0.15, -0.1) is 0 Å². The monoisotopic (exact) mass is 312 g/mol. The lowest BCUT2D eigenvalue weighted by Gasteiger charge is -2.14. The molecule has 1 aromatic heterocycles. The van der Waals surface area contributed by atoms with E-state index in [0.29, 0.717) is 0 Å². The summed E-state index contributed by atoms with van der Waals surface area (Å²) < 4.78 is 0. The van der Waals surface area contributed by atoms with Crippen molar-refractivity contribution in [2.75, 3.05) is 0 Å². The smallest absolute Gasteiger partial charge is 0.288 e. The van der Waals surface area contributed by atoms with Gasteiger partial charge in [-0.3, -0.25) is 19.7 Å². The van der Waals surface area contributed by atoms with Crippen molar-refractivity contribution in [2.24, 2.45) is 0 Å². The Hall–Kier alpha value is -2.22. The second kappa shape index (κ2) is 6.04. The lowest BCUT2D eigenvalue weighted by Crippen LogP contribution is -2.45. The summed E-state index contributed by atoms with van der Waals surface area (Å²) in [5.74, 6) is -0.991. The van der Waals surface area contributed by atoms with Gasteiger partial charge >= 0.3 is 0 Å². The van der Waals surface area contributed by atoms with Crippen LogP contribution >= 0.6 is 11.6 Å². The number of carbonyl (C=O) groups excluding carboxylic acids is 2. The average molecular weight is 313 g/mol. The molecular formula is C12H13ClN4O4. The number of halogens is 1. The number of nitrogens with one attached hydrogen (secondary N) is 2. The van der Waals surface area contributed by atoms with E-state index >= 15 is 0 Å². The summed E-state index contributed by atoms with van der Waals surface area (Å²) in [6, 6.07) is 0.434. The summed E-state index contributed by atoms with van der Waals surface area (Å²) in [6.07, 6.45) is 2.84. The summed E-state index contributed by atoms with van der Waals surface area (Å²) in [5.41, 5.74) is -0.489. The Kier molecular flexibility index (Phi) is 4.37. The molecule has 0 spiro atoms. The van der Waals surface area contributed by atoms with Crippen LogP contribution in [0.15, 0.2) is 12.3 Å². The zero-order chi connectivity index (χ0) is 15.6. The molecule has 1 aliphatic carbocycles. The van der Waals surface area contributed by atoms with Crippen molar-refractivity contribution in [3.63, 3.8) is 0 Å². The van der Waals surface area contributed by atoms with E-state index in [2.05, 4.69) is 15.6 Å². The molecule has 0 bridgehead atoms. The number of amides is 2. The molecule has 9 heteroatoms. The standard InChI is InChI=1S/C12H13ClN4O4/c1-6(11(18)16-7-2-3-7)15-12(19)9-4-8(17(20)21)5-14-10(9)13/h4-7H,2-3H2,1H3,(H,15,19)(H,16,18). The minimum absolute atomic E-state index is 0.142. The van der Waals surface area contributed by atoms with Crippen molar-refractivity contribution in [3.05, 3.63) is 33.1 Å². The second-order valence-corrected chi connectivity index (χ2v) is 5.13. The number of carbonyl (C=O) groups is 2. The lowest BCUT2D eigenvalue weighted by atomic mass is 10.2. The van der Waals surface area contributed by atoms with E-state index in [9.17, 15) is 19.7 Å². The number of rotatable bonds is 5. The predicted molar refractivity (Wildman–Crippen MR) is 74.0 cm³/mol. The Balaban J connectivity index is 2.06. The van der Waals surface area contributed by atoms with Crippen molar-refractivity contribution in [3.8, 4) is 0 Å². The molecular weight excluding hydrogens is 300 g/mol. The highest BCUT2D eigenvalue weighted by Crippen LogP contribution is 2.20. The van der Waals surface area contributed by atoms with Crippen molar-refractivity contribution < 1.29 is 14.5 Å². The number of nitro groups is 1. The summed E-state index contributed by atoms with van der Waals surface area (Å²) >= 11 is 5.76. The molecule has 1 fully saturated rings. The molecule has 2 N–H and O–H groups in total. The van der Waals surface area contributed by atoms with Crippen LogP contribution in [0.2, 0.25) is 5.15 Å². The van der Waals surface area contributed by atoms with Crippen molar-refractivity contribution in [1.82, 2.24) is 15.6 Å². The highest BCUT2D eigenvalue weighted by atomic mass is 35.5. The van der Waals surface area contributed by atoms with Crippen LogP contribution in [0.1, 0.15) is 30.1 Å². The van der Waals surface area contributed by atoms with Crippen LogP contribution in [-0.4, -0.2) is 33.8 Å². The maximum atomic E-state index is 12.0. The van der Waals surface area contributed by atoms with Gasteiger partial charge in [-0.05, 0) is 19.8 Å². The number of pyridine rings is 1. The second-order valence-electron chi connectivity index (χ2n) is 4.77. The Morgan fingerprint density at radius 3 is 2.76 bits per heavy atom. The van der Waals surface area contributed by atoms with Crippen LogP contribution in [0.3, 0.4) is 0 Å². The fraction of sp³-hybridized carbons (Fsp3) is 0.417. The van der Waals surface area contributed by atoms with E-state index in [-0.39, 0.29) is 28.4 Å². The van der Waals surface area contributed by atoms with E-state index in [1.165, 1.54) is 6.92 Å². The third-order valence-electron chi connectivity index (χ3n) is 2.94. The molecule has 0 saturated heterocycles. The fourth-order valence-electron chi connectivity index (χ4n) is 1.59. The van der Waals surface area contributed by atoms with Crippen molar-refractivity contribution >= 4 is 29.1 Å². The first-order valence-corrected chi connectivity index (χ1v) is 6.67. The molecule has 0 radical (unpaired) electrons. The van der Waals surface area contributed by atoms with Gasteiger partial charge in [0.05, 0.1) is 10.5 Å². The Morgan fingerprint density at radius 1 is 1.52 bits per heavy atom. The van der Waals surface area contributed by atoms with E-state index in [0.717, 1.165) is 25.1 Å². The Labute approximate surface area is 125 Å². The molecule has 1 atom stereocenters. The molecule has 2 rings (SSSR count). The summed E-state index contributed by atoms with van der Waals surface area (Å²) in [6.45, 7) is 1.52. The molecule has 1 saturated carbocycles. The Morgan fingerprint density at radius 2 is 2.19 bits per heavy atom. The Bertz CT molecular complexity index is 603. The first-order chi connectivity index (χ1) is 9.88. The topological polar surface area (TPSA) is 114 Å². The normalized spacial score (nSPS) is 15.1. The van der Waals surface area contributed by atoms with Gasteiger partial charge < -0.3 is 10.6 Å². The first-order valence-electron chi connectivity index (χ1n) is 6.29. The zero-order valence-electron chi connectivity index (χ0n) is 11.1. The quantitative estimate of drug-likeness (QED) is 0.479. The number of nitrogens with zero attached hydrogens (tertiary/aromatic N) is 2. The van der Waals surface area contributed by atoms with Crippen LogP contribution in [0, 0.1) is 10.1 Å². The largest absolute Gasteiger partial charge is 0.352 e. The minimum Gasteiger partial charge on any atom is -0.352 e. The number of hydrogen-bond acceptors (Lipinski definition) is 5. The minimum atomic E-state index is -0.770. The van der Waals surface area contributed by atoms with Gasteiger partial charge in [-0.1, -0.05) is 11.6 Å². The molecule has 1 aromatic rings. The van der Waals surface area contributed by atoms with Crippen LogP contribution in [-0.2, 0) is 4.79 Å². The van der Waals surface area contributed by atoms with Crippen LogP contribution in [0.5, 0.6) is 0 Å². The molecule has 1 unspecified atom stereocenters. The van der Waals surface area contributed by atoms with Gasteiger partial charge in [0.1, 0.15) is 17.4 Å². The molecule has 21 heavy (non-hydrogen) atoms. The van der Waals surface area contributed by atoms with E-state index < -0.39 is 16.9 Å². The number of aromatic nitrogens is 1. The van der Waals surface area contributed by atoms with Gasteiger partial charge in [-0.2, -0.15) is 0 Å². The molecule has 1 aliphatic rings. The van der Waals surface area contributed by atoms with Gasteiger partial charge in [0.15, 0.2) is 0 Å². The molecule has 8 nitrogen and oxygen atoms in total. The van der Waals surface area contributed by atoms with Crippen LogP contribution in [0.25, 0.3) is 0 Å². The predicted octanol–water partition coefficient (Wildman–Crippen LogP) is 1.04. The maximum Gasteiger partial charge on any atom is 0.288 e. The lowest BCUT2D eigenvalue weighted by molar-refractivity contribution is -0.385. The molecule has 0 aliphatic heterocycles. The van der Waals surface area contributed by atoms with Gasteiger partial charge in [0, 0.05) is 12.1 Å². The molecule has 2 amide bonds. The van der Waals surface area contributed by atoms with E-state index in [1.54, 1.807) is 0 Å². The summed E-state index contributed by atoms with van der Waals surface area (Å²) in [7, 11) is 0. The van der Waals surface area contributed by atoms with E-state index in [4.69, 9.17) is 11.6 Å². The van der Waals surface area contributed by atoms with Gasteiger partial charge in [0.2, 0.25) is 5.91 Å². The summed E-state index contributed by atoms with van der Waals surface area (Å²) in [5, 5.41) is 15.7. The summed E-state index contributed by atoms with van der Waals surface area (Å²) in [4.78, 5) is 37.3. The van der Waals surface area contributed by atoms with Crippen LogP contribution < -0.4 is 10.6 Å². The highest BCUT2D eigenvalue weighted by molar-refractivity contribution is 6.32. The van der Waals surface area contributed by atoms with Crippen molar-refractivity contribution in [2.45, 2.75) is 31.8 Å². The van der Waals surface area contributed by atoms with Gasteiger partial charge in [0.25, 0.3) is 11.6 Å².